The van der Waals surface area contributed by atoms with Crippen LogP contribution >= 0.6 is 0 Å². The highest BCUT2D eigenvalue weighted by Crippen LogP contribution is 2.66. The second-order valence-corrected chi connectivity index (χ2v) is 9.30. The summed E-state index contributed by atoms with van der Waals surface area (Å²) < 4.78 is 9.51. The van der Waals surface area contributed by atoms with E-state index in [1.165, 1.54) is 5.69 Å². The lowest BCUT2D eigenvalue weighted by Crippen LogP contribution is -2.35. The van der Waals surface area contributed by atoms with Crippen molar-refractivity contribution in [2.24, 2.45) is 12.5 Å². The molecule has 0 spiro atoms. The largest absolute Gasteiger partial charge is 0.496 e. The van der Waals surface area contributed by atoms with E-state index in [4.69, 9.17) is 4.74 Å². The molecule has 1 aromatic heterocycles. The van der Waals surface area contributed by atoms with E-state index in [0.717, 1.165) is 41.0 Å². The number of benzene rings is 2. The van der Waals surface area contributed by atoms with Gasteiger partial charge in [-0.1, -0.05) is 51.1 Å². The van der Waals surface area contributed by atoms with Gasteiger partial charge in [0.2, 0.25) is 0 Å². The third-order valence-corrected chi connectivity index (χ3v) is 7.91. The van der Waals surface area contributed by atoms with Crippen molar-refractivity contribution < 1.29 is 4.74 Å². The molecule has 3 aromatic rings. The van der Waals surface area contributed by atoms with Crippen molar-refractivity contribution in [2.45, 2.75) is 44.9 Å². The van der Waals surface area contributed by atoms with E-state index >= 15 is 0 Å². The molecule has 0 amide bonds. The second kappa shape index (κ2) is 5.88. The van der Waals surface area contributed by atoms with Crippen molar-refractivity contribution in [1.29, 1.82) is 0 Å². The first-order valence-corrected chi connectivity index (χ1v) is 10.4. The van der Waals surface area contributed by atoms with Gasteiger partial charge in [0.1, 0.15) is 5.75 Å². The van der Waals surface area contributed by atoms with Gasteiger partial charge in [-0.15, -0.1) is 0 Å². The van der Waals surface area contributed by atoms with Crippen molar-refractivity contribution in [3.63, 3.8) is 0 Å². The van der Waals surface area contributed by atoms with Crippen LogP contribution < -0.4 is 10.3 Å². The third kappa shape index (κ3) is 2.17. The van der Waals surface area contributed by atoms with Crippen molar-refractivity contribution in [3.05, 3.63) is 70.1 Å². The Balaban J connectivity index is 1.69. The number of methoxy groups -OCH3 is 1. The Morgan fingerprint density at radius 2 is 1.83 bits per heavy atom. The predicted molar refractivity (Wildman–Crippen MR) is 116 cm³/mol. The molecule has 2 aliphatic carbocycles. The van der Waals surface area contributed by atoms with Crippen LogP contribution in [0.1, 0.15) is 50.8 Å². The van der Waals surface area contributed by atoms with Crippen LogP contribution in [0.2, 0.25) is 0 Å². The van der Waals surface area contributed by atoms with Gasteiger partial charge < -0.3 is 4.74 Å². The number of para-hydroxylation sites is 1. The lowest BCUT2D eigenvalue weighted by atomic mass is 9.70. The van der Waals surface area contributed by atoms with E-state index in [1.54, 1.807) is 7.11 Å². The number of aromatic nitrogens is 2. The fourth-order valence-corrected chi connectivity index (χ4v) is 6.00. The molecule has 5 rings (SSSR count). The molecule has 1 fully saturated rings. The molecule has 150 valence electrons. The van der Waals surface area contributed by atoms with E-state index in [2.05, 4.69) is 43.7 Å². The lowest BCUT2D eigenvalue weighted by molar-refractivity contribution is 0.218. The van der Waals surface area contributed by atoms with Crippen molar-refractivity contribution >= 4 is 0 Å². The summed E-state index contributed by atoms with van der Waals surface area (Å²) in [6, 6.07) is 16.2. The monoisotopic (exact) mass is 388 g/mol. The highest BCUT2D eigenvalue weighted by atomic mass is 16.5. The van der Waals surface area contributed by atoms with E-state index in [-0.39, 0.29) is 16.4 Å². The third-order valence-electron chi connectivity index (χ3n) is 7.91. The molecule has 4 nitrogen and oxygen atoms in total. The summed E-state index contributed by atoms with van der Waals surface area (Å²) in [5.41, 5.74) is 5.56. The molecule has 1 heterocycles. The molecule has 2 aromatic carbocycles. The van der Waals surface area contributed by atoms with Crippen molar-refractivity contribution in [2.75, 3.05) is 7.11 Å². The Morgan fingerprint density at radius 1 is 1.07 bits per heavy atom. The zero-order valence-electron chi connectivity index (χ0n) is 17.8. The standard InChI is InChI=1S/C25H28N2O2/c1-24(2)19-13-14-25(24,3)22-21(19)23(28)27(26(22)4)17-10-8-9-16(15-17)18-11-6-7-12-20(18)29-5/h6-12,15,19H,13-14H2,1-5H3/t19-,25+/m1/s1. The number of hydrogen-bond donors (Lipinski definition) is 0. The van der Waals surface area contributed by atoms with Gasteiger partial charge >= 0.3 is 0 Å². The van der Waals surface area contributed by atoms with Gasteiger partial charge in [-0.05, 0) is 47.9 Å². The maximum Gasteiger partial charge on any atom is 0.275 e. The molecule has 2 bridgehead atoms. The van der Waals surface area contributed by atoms with Crippen molar-refractivity contribution in [3.8, 4) is 22.6 Å². The molecule has 4 heteroatoms. The molecule has 0 saturated heterocycles. The minimum absolute atomic E-state index is 0.0480. The first kappa shape index (κ1) is 18.3. The van der Waals surface area contributed by atoms with Gasteiger partial charge in [-0.3, -0.25) is 9.48 Å². The van der Waals surface area contributed by atoms with Crippen molar-refractivity contribution in [1.82, 2.24) is 9.36 Å². The number of nitrogens with zero attached hydrogens (tertiary/aromatic N) is 2. The quantitative estimate of drug-likeness (QED) is 0.631. The highest BCUT2D eigenvalue weighted by molar-refractivity contribution is 5.72. The van der Waals surface area contributed by atoms with Crippen LogP contribution in [0.25, 0.3) is 16.8 Å². The summed E-state index contributed by atoms with van der Waals surface area (Å²) in [6.45, 7) is 7.00. The van der Waals surface area contributed by atoms with Gasteiger partial charge in [0.25, 0.3) is 5.56 Å². The van der Waals surface area contributed by atoms with E-state index in [0.29, 0.717) is 5.92 Å². The summed E-state index contributed by atoms with van der Waals surface area (Å²) in [4.78, 5) is 13.6. The maximum absolute atomic E-state index is 13.6. The Labute approximate surface area is 171 Å². The van der Waals surface area contributed by atoms with Crippen LogP contribution in [-0.4, -0.2) is 16.5 Å². The number of ether oxygens (including phenoxy) is 1. The van der Waals surface area contributed by atoms with Crippen LogP contribution in [-0.2, 0) is 12.5 Å². The van der Waals surface area contributed by atoms with E-state index in [1.807, 2.05) is 42.1 Å². The Morgan fingerprint density at radius 3 is 2.55 bits per heavy atom. The number of hydrogen-bond acceptors (Lipinski definition) is 2. The summed E-state index contributed by atoms with van der Waals surface area (Å²) in [5.74, 6) is 1.18. The normalized spacial score (nSPS) is 24.0. The SMILES string of the molecule is COc1ccccc1-c1cccc(-n2c(=O)c3c(n2C)[C@]2(C)CC[C@H]3C2(C)C)c1. The van der Waals surface area contributed by atoms with Gasteiger partial charge in [0, 0.05) is 23.6 Å². The molecule has 2 aliphatic rings. The average Bonchev–Trinajstić information content (AvgIpc) is 3.19. The fraction of sp³-hybridized carbons (Fsp3) is 0.400. The fourth-order valence-electron chi connectivity index (χ4n) is 6.00. The van der Waals surface area contributed by atoms with Crippen LogP contribution in [0.15, 0.2) is 53.3 Å². The summed E-state index contributed by atoms with van der Waals surface area (Å²) in [6.07, 6.45) is 2.26. The maximum atomic E-state index is 13.6. The minimum atomic E-state index is 0.0480. The lowest BCUT2D eigenvalue weighted by Gasteiger charge is -2.36. The zero-order chi connectivity index (χ0) is 20.6. The molecule has 0 aliphatic heterocycles. The van der Waals surface area contributed by atoms with Crippen LogP contribution in [0, 0.1) is 5.41 Å². The van der Waals surface area contributed by atoms with E-state index in [9.17, 15) is 4.79 Å². The second-order valence-electron chi connectivity index (χ2n) is 9.30. The highest BCUT2D eigenvalue weighted by Gasteiger charge is 2.62. The molecular formula is C25H28N2O2. The molecule has 0 N–H and O–H groups in total. The topological polar surface area (TPSA) is 36.2 Å². The number of rotatable bonds is 3. The van der Waals surface area contributed by atoms with Gasteiger partial charge in [-0.2, -0.15) is 0 Å². The first-order chi connectivity index (χ1) is 13.8. The van der Waals surface area contributed by atoms with Gasteiger partial charge in [-0.25, -0.2) is 4.68 Å². The first-order valence-electron chi connectivity index (χ1n) is 10.4. The van der Waals surface area contributed by atoms with Crippen LogP contribution in [0.4, 0.5) is 0 Å². The molecule has 0 unspecified atom stereocenters. The Hall–Kier alpha value is -2.75. The van der Waals surface area contributed by atoms with E-state index < -0.39 is 0 Å². The molecule has 2 atom stereocenters. The molecule has 0 radical (unpaired) electrons. The Bertz CT molecular complexity index is 1180. The molecule has 1 saturated carbocycles. The average molecular weight is 389 g/mol. The minimum Gasteiger partial charge on any atom is -0.496 e. The van der Waals surface area contributed by atoms with Gasteiger partial charge in [0.05, 0.1) is 18.5 Å². The summed E-state index contributed by atoms with van der Waals surface area (Å²) in [7, 11) is 3.73. The summed E-state index contributed by atoms with van der Waals surface area (Å²) in [5, 5.41) is 0. The smallest absolute Gasteiger partial charge is 0.275 e. The van der Waals surface area contributed by atoms with Gasteiger partial charge in [0.15, 0.2) is 0 Å². The molecular weight excluding hydrogens is 360 g/mol. The molecule has 29 heavy (non-hydrogen) atoms. The number of fused-ring (bicyclic) bond motifs is 5. The van der Waals surface area contributed by atoms with Crippen LogP contribution in [0.5, 0.6) is 5.75 Å². The predicted octanol–water partition coefficient (Wildman–Crippen LogP) is 5.03. The summed E-state index contributed by atoms with van der Waals surface area (Å²) >= 11 is 0. The van der Waals surface area contributed by atoms with Crippen LogP contribution in [0.3, 0.4) is 0 Å². The Kier molecular flexibility index (Phi) is 3.71. The zero-order valence-corrected chi connectivity index (χ0v) is 17.8.